The molecule has 21 heavy (non-hydrogen) atoms. The van der Waals surface area contributed by atoms with Crippen LogP contribution in [0.1, 0.15) is 35.7 Å². The number of aromatic amines is 1. The number of nitrogens with zero attached hydrogens (tertiary/aromatic N) is 2. The van der Waals surface area contributed by atoms with Crippen LogP contribution in [-0.4, -0.2) is 14.8 Å². The SMILES string of the molecule is Cn1nc(CNCc2cccc3[nH]ccc23)cc1C1CC1. The molecule has 1 aliphatic rings. The van der Waals surface area contributed by atoms with Gasteiger partial charge in [0, 0.05) is 48.8 Å². The van der Waals surface area contributed by atoms with Crippen molar-refractivity contribution < 1.29 is 0 Å². The van der Waals surface area contributed by atoms with Crippen LogP contribution in [0.15, 0.2) is 36.5 Å². The molecule has 0 saturated heterocycles. The van der Waals surface area contributed by atoms with Gasteiger partial charge in [0.25, 0.3) is 0 Å². The first-order valence-corrected chi connectivity index (χ1v) is 7.60. The number of hydrogen-bond donors (Lipinski definition) is 2. The van der Waals surface area contributed by atoms with Crippen LogP contribution in [0.3, 0.4) is 0 Å². The summed E-state index contributed by atoms with van der Waals surface area (Å²) in [6.45, 7) is 1.69. The fourth-order valence-electron chi connectivity index (χ4n) is 3.02. The van der Waals surface area contributed by atoms with Gasteiger partial charge in [-0.3, -0.25) is 4.68 Å². The smallest absolute Gasteiger partial charge is 0.0765 e. The molecule has 3 aromatic rings. The maximum Gasteiger partial charge on any atom is 0.0765 e. The Morgan fingerprint density at radius 3 is 3.05 bits per heavy atom. The number of H-pyrrole nitrogens is 1. The van der Waals surface area contributed by atoms with Crippen molar-refractivity contribution in [2.45, 2.75) is 31.8 Å². The van der Waals surface area contributed by atoms with E-state index in [1.807, 2.05) is 10.9 Å². The quantitative estimate of drug-likeness (QED) is 0.754. The molecule has 0 spiro atoms. The molecule has 1 aliphatic carbocycles. The van der Waals surface area contributed by atoms with E-state index in [9.17, 15) is 0 Å². The van der Waals surface area contributed by atoms with Gasteiger partial charge in [0.2, 0.25) is 0 Å². The van der Waals surface area contributed by atoms with Gasteiger partial charge in [-0.25, -0.2) is 0 Å². The Morgan fingerprint density at radius 1 is 1.29 bits per heavy atom. The average molecular weight is 280 g/mol. The molecular formula is C17H20N4. The molecule has 0 amide bonds. The summed E-state index contributed by atoms with van der Waals surface area (Å²) >= 11 is 0. The Balaban J connectivity index is 1.43. The predicted molar refractivity (Wildman–Crippen MR) is 84.0 cm³/mol. The number of fused-ring (bicyclic) bond motifs is 1. The molecule has 1 saturated carbocycles. The van der Waals surface area contributed by atoms with Gasteiger partial charge in [-0.15, -0.1) is 0 Å². The summed E-state index contributed by atoms with van der Waals surface area (Å²) in [5, 5.41) is 9.41. The van der Waals surface area contributed by atoms with Crippen molar-refractivity contribution in [3.8, 4) is 0 Å². The molecule has 0 atom stereocenters. The summed E-state index contributed by atoms with van der Waals surface area (Å²) in [4.78, 5) is 3.25. The Morgan fingerprint density at radius 2 is 2.19 bits per heavy atom. The van der Waals surface area contributed by atoms with Crippen molar-refractivity contribution in [2.75, 3.05) is 0 Å². The summed E-state index contributed by atoms with van der Waals surface area (Å²) in [7, 11) is 2.05. The molecule has 108 valence electrons. The molecule has 0 radical (unpaired) electrons. The Kier molecular flexibility index (Phi) is 3.04. The molecule has 4 rings (SSSR count). The maximum atomic E-state index is 4.60. The van der Waals surface area contributed by atoms with E-state index >= 15 is 0 Å². The Hall–Kier alpha value is -2.07. The average Bonchev–Trinajstić information content (AvgIpc) is 3.08. The third-order valence-electron chi connectivity index (χ3n) is 4.27. The maximum absolute atomic E-state index is 4.60. The fourth-order valence-corrected chi connectivity index (χ4v) is 3.02. The van der Waals surface area contributed by atoms with Crippen molar-refractivity contribution in [1.29, 1.82) is 0 Å². The van der Waals surface area contributed by atoms with Crippen molar-refractivity contribution in [3.63, 3.8) is 0 Å². The highest BCUT2D eigenvalue weighted by atomic mass is 15.3. The van der Waals surface area contributed by atoms with Crippen LogP contribution in [0.2, 0.25) is 0 Å². The molecule has 2 heterocycles. The lowest BCUT2D eigenvalue weighted by atomic mass is 10.1. The van der Waals surface area contributed by atoms with Crippen LogP contribution < -0.4 is 5.32 Å². The van der Waals surface area contributed by atoms with E-state index in [1.54, 1.807) is 0 Å². The van der Waals surface area contributed by atoms with Crippen LogP contribution in [0.25, 0.3) is 10.9 Å². The van der Waals surface area contributed by atoms with Gasteiger partial charge in [-0.05, 0) is 36.6 Å². The minimum Gasteiger partial charge on any atom is -0.361 e. The predicted octanol–water partition coefficient (Wildman–Crippen LogP) is 3.07. The molecule has 0 bridgehead atoms. The highest BCUT2D eigenvalue weighted by molar-refractivity contribution is 5.82. The zero-order valence-electron chi connectivity index (χ0n) is 12.3. The molecule has 0 unspecified atom stereocenters. The van der Waals surface area contributed by atoms with Crippen molar-refractivity contribution in [1.82, 2.24) is 20.1 Å². The molecule has 1 fully saturated rings. The summed E-state index contributed by atoms with van der Waals surface area (Å²) < 4.78 is 2.04. The number of hydrogen-bond acceptors (Lipinski definition) is 2. The van der Waals surface area contributed by atoms with Crippen molar-refractivity contribution >= 4 is 10.9 Å². The van der Waals surface area contributed by atoms with E-state index in [0.29, 0.717) is 0 Å². The monoisotopic (exact) mass is 280 g/mol. The molecular weight excluding hydrogens is 260 g/mol. The largest absolute Gasteiger partial charge is 0.361 e. The second kappa shape index (κ2) is 5.04. The standard InChI is InChI=1S/C17H20N4/c1-21-17(12-5-6-12)9-14(20-21)11-18-10-13-3-2-4-16-15(13)7-8-19-16/h2-4,7-9,12,18-19H,5-6,10-11H2,1H3. The summed E-state index contributed by atoms with van der Waals surface area (Å²) in [5.74, 6) is 0.754. The summed E-state index contributed by atoms with van der Waals surface area (Å²) in [6, 6.07) is 10.8. The normalized spacial score (nSPS) is 14.9. The van der Waals surface area contributed by atoms with E-state index < -0.39 is 0 Å². The lowest BCUT2D eigenvalue weighted by Crippen LogP contribution is -2.13. The van der Waals surface area contributed by atoms with Gasteiger partial charge in [0.1, 0.15) is 0 Å². The first kappa shape index (κ1) is 12.7. The topological polar surface area (TPSA) is 45.6 Å². The molecule has 4 heteroatoms. The second-order valence-electron chi connectivity index (χ2n) is 5.92. The fraction of sp³-hybridized carbons (Fsp3) is 0.353. The van der Waals surface area contributed by atoms with Gasteiger partial charge in [0.15, 0.2) is 0 Å². The number of aryl methyl sites for hydroxylation is 1. The van der Waals surface area contributed by atoms with Gasteiger partial charge >= 0.3 is 0 Å². The van der Waals surface area contributed by atoms with Crippen LogP contribution in [0.5, 0.6) is 0 Å². The van der Waals surface area contributed by atoms with Crippen LogP contribution in [-0.2, 0) is 20.1 Å². The van der Waals surface area contributed by atoms with E-state index in [2.05, 4.69) is 52.8 Å². The number of aromatic nitrogens is 3. The molecule has 2 aromatic heterocycles. The summed E-state index contributed by atoms with van der Waals surface area (Å²) in [6.07, 6.45) is 4.64. The minimum absolute atomic E-state index is 0.754. The minimum atomic E-state index is 0.754. The highest BCUT2D eigenvalue weighted by Gasteiger charge is 2.26. The molecule has 0 aliphatic heterocycles. The summed E-state index contributed by atoms with van der Waals surface area (Å²) in [5.41, 5.74) is 5.05. The van der Waals surface area contributed by atoms with E-state index in [4.69, 9.17) is 0 Å². The third-order valence-corrected chi connectivity index (χ3v) is 4.27. The van der Waals surface area contributed by atoms with Gasteiger partial charge in [-0.2, -0.15) is 5.10 Å². The molecule has 2 N–H and O–H groups in total. The highest BCUT2D eigenvalue weighted by Crippen LogP contribution is 2.39. The van der Waals surface area contributed by atoms with Gasteiger partial charge in [0.05, 0.1) is 5.69 Å². The van der Waals surface area contributed by atoms with E-state index in [1.165, 1.54) is 35.0 Å². The van der Waals surface area contributed by atoms with Gasteiger partial charge < -0.3 is 10.3 Å². The Labute approximate surface area is 124 Å². The first-order valence-electron chi connectivity index (χ1n) is 7.60. The van der Waals surface area contributed by atoms with Crippen molar-refractivity contribution in [2.24, 2.45) is 7.05 Å². The van der Waals surface area contributed by atoms with Crippen LogP contribution >= 0.6 is 0 Å². The van der Waals surface area contributed by atoms with Crippen molar-refractivity contribution in [3.05, 3.63) is 53.5 Å². The Bertz CT molecular complexity index is 764. The second-order valence-corrected chi connectivity index (χ2v) is 5.92. The molecule has 1 aromatic carbocycles. The third kappa shape index (κ3) is 2.47. The number of benzene rings is 1. The lowest BCUT2D eigenvalue weighted by molar-refractivity contribution is 0.649. The first-order chi connectivity index (χ1) is 10.3. The molecule has 4 nitrogen and oxygen atoms in total. The van der Waals surface area contributed by atoms with E-state index in [-0.39, 0.29) is 0 Å². The van der Waals surface area contributed by atoms with Gasteiger partial charge in [-0.1, -0.05) is 12.1 Å². The zero-order valence-corrected chi connectivity index (χ0v) is 12.3. The lowest BCUT2D eigenvalue weighted by Gasteiger charge is -2.04. The van der Waals surface area contributed by atoms with E-state index in [0.717, 1.165) is 24.7 Å². The van der Waals surface area contributed by atoms with Crippen LogP contribution in [0.4, 0.5) is 0 Å². The zero-order chi connectivity index (χ0) is 14.2. The van der Waals surface area contributed by atoms with Crippen LogP contribution in [0, 0.1) is 0 Å². The number of nitrogens with one attached hydrogen (secondary N) is 2. The number of rotatable bonds is 5.